The van der Waals surface area contributed by atoms with Gasteiger partial charge in [0.1, 0.15) is 6.10 Å². The number of carbonyl (C=O) groups excluding carboxylic acids is 1. The molecule has 0 unspecified atom stereocenters. The monoisotopic (exact) mass is 383 g/mol. The summed E-state index contributed by atoms with van der Waals surface area (Å²) in [6, 6.07) is 11.4. The summed E-state index contributed by atoms with van der Waals surface area (Å²) < 4.78 is 10.7. The second-order valence-corrected chi connectivity index (χ2v) is 7.02. The van der Waals surface area contributed by atoms with Gasteiger partial charge in [-0.2, -0.15) is 4.98 Å². The molecule has 0 amide bonds. The third-order valence-corrected chi connectivity index (χ3v) is 4.90. The Hall–Kier alpha value is -2.73. The molecule has 27 heavy (non-hydrogen) atoms. The van der Waals surface area contributed by atoms with E-state index >= 15 is 0 Å². The molecule has 1 aliphatic carbocycles. The number of hydrogen-bond acceptors (Lipinski definition) is 6. The molecule has 0 radical (unpaired) electrons. The van der Waals surface area contributed by atoms with Gasteiger partial charge < -0.3 is 9.26 Å². The van der Waals surface area contributed by atoms with E-state index in [1.54, 1.807) is 24.5 Å². The quantitative estimate of drug-likeness (QED) is 0.593. The molecule has 0 aliphatic heterocycles. The van der Waals surface area contributed by atoms with E-state index in [0.717, 1.165) is 23.4 Å². The van der Waals surface area contributed by atoms with Crippen molar-refractivity contribution in [1.29, 1.82) is 0 Å². The van der Waals surface area contributed by atoms with Gasteiger partial charge in [-0.3, -0.25) is 9.78 Å². The Morgan fingerprint density at radius 2 is 2.04 bits per heavy atom. The van der Waals surface area contributed by atoms with Gasteiger partial charge in [0.25, 0.3) is 0 Å². The van der Waals surface area contributed by atoms with Crippen LogP contribution in [0.2, 0.25) is 5.02 Å². The molecular formula is C20H18ClN3O3. The number of ether oxygens (including phenoxy) is 1. The maximum Gasteiger partial charge on any atom is 0.306 e. The van der Waals surface area contributed by atoms with E-state index < -0.39 is 0 Å². The molecule has 0 N–H and O–H groups in total. The second-order valence-electron chi connectivity index (χ2n) is 6.58. The van der Waals surface area contributed by atoms with Gasteiger partial charge in [0.05, 0.1) is 6.42 Å². The molecule has 7 heteroatoms. The van der Waals surface area contributed by atoms with Gasteiger partial charge in [-0.1, -0.05) is 28.9 Å². The molecule has 3 aromatic rings. The first kappa shape index (κ1) is 17.7. The highest BCUT2D eigenvalue weighted by Gasteiger charge is 2.33. The topological polar surface area (TPSA) is 78.1 Å². The smallest absolute Gasteiger partial charge is 0.306 e. The van der Waals surface area contributed by atoms with Crippen LogP contribution in [0.5, 0.6) is 0 Å². The number of nitrogens with zero attached hydrogens (tertiary/aromatic N) is 3. The van der Waals surface area contributed by atoms with Crippen LogP contribution in [0.4, 0.5) is 0 Å². The fourth-order valence-electron chi connectivity index (χ4n) is 3.12. The number of rotatable bonds is 6. The second kappa shape index (κ2) is 7.88. The first-order valence-corrected chi connectivity index (χ1v) is 9.23. The van der Waals surface area contributed by atoms with Gasteiger partial charge >= 0.3 is 5.97 Å². The minimum absolute atomic E-state index is 0.0310. The van der Waals surface area contributed by atoms with E-state index in [1.807, 2.05) is 18.2 Å². The van der Waals surface area contributed by atoms with Crippen LogP contribution in [0.25, 0.3) is 11.4 Å². The van der Waals surface area contributed by atoms with Gasteiger partial charge in [0.2, 0.25) is 11.7 Å². The maximum absolute atomic E-state index is 12.1. The summed E-state index contributed by atoms with van der Waals surface area (Å²) in [6.07, 6.45) is 5.54. The number of carbonyl (C=O) groups is 1. The molecule has 0 spiro atoms. The Morgan fingerprint density at radius 3 is 2.81 bits per heavy atom. The fraction of sp³-hybridized carbons (Fsp3) is 0.300. The lowest BCUT2D eigenvalue weighted by Gasteiger charge is -2.35. The highest BCUT2D eigenvalue weighted by atomic mass is 35.5. The van der Waals surface area contributed by atoms with E-state index in [1.165, 1.54) is 5.56 Å². The average Bonchev–Trinajstić information content (AvgIpc) is 3.12. The van der Waals surface area contributed by atoms with Crippen molar-refractivity contribution in [2.45, 2.75) is 37.7 Å². The highest BCUT2D eigenvalue weighted by molar-refractivity contribution is 6.30. The molecule has 4 rings (SSSR count). The number of esters is 1. The molecule has 1 aromatic carbocycles. The van der Waals surface area contributed by atoms with E-state index in [9.17, 15) is 4.79 Å². The fourth-order valence-corrected chi connectivity index (χ4v) is 3.32. The molecular weight excluding hydrogens is 366 g/mol. The molecule has 1 saturated carbocycles. The number of pyridine rings is 1. The maximum atomic E-state index is 12.1. The standard InChI is InChI=1S/C20H18ClN3O3/c21-16-3-1-2-14(10-16)15-11-17(12-15)26-19(25)5-4-18-23-20(24-27-18)13-6-8-22-9-7-13/h1-3,6-10,15,17H,4-5,11-12H2. The third kappa shape index (κ3) is 4.34. The zero-order valence-corrected chi connectivity index (χ0v) is 15.3. The Kier molecular flexibility index (Phi) is 5.16. The average molecular weight is 384 g/mol. The van der Waals surface area contributed by atoms with Crippen LogP contribution in [0.1, 0.15) is 36.6 Å². The molecule has 0 saturated heterocycles. The van der Waals surface area contributed by atoms with Crippen molar-refractivity contribution >= 4 is 17.6 Å². The number of hydrogen-bond donors (Lipinski definition) is 0. The SMILES string of the molecule is O=C(CCc1nc(-c2ccncc2)no1)OC1CC(c2cccc(Cl)c2)C1. The zero-order valence-electron chi connectivity index (χ0n) is 14.5. The lowest BCUT2D eigenvalue weighted by Crippen LogP contribution is -2.32. The van der Waals surface area contributed by atoms with Crippen LogP contribution < -0.4 is 0 Å². The lowest BCUT2D eigenvalue weighted by molar-refractivity contribution is -0.153. The lowest BCUT2D eigenvalue weighted by atomic mass is 9.77. The van der Waals surface area contributed by atoms with E-state index in [4.69, 9.17) is 20.9 Å². The van der Waals surface area contributed by atoms with Crippen molar-refractivity contribution < 1.29 is 14.1 Å². The minimum atomic E-state index is -0.242. The van der Waals surface area contributed by atoms with Crippen molar-refractivity contribution in [2.24, 2.45) is 0 Å². The van der Waals surface area contributed by atoms with Gasteiger partial charge in [-0.25, -0.2) is 0 Å². The van der Waals surface area contributed by atoms with Crippen LogP contribution in [-0.4, -0.2) is 27.2 Å². The Balaban J connectivity index is 1.22. The van der Waals surface area contributed by atoms with Crippen LogP contribution in [0.3, 0.4) is 0 Å². The van der Waals surface area contributed by atoms with Crippen molar-refractivity contribution in [3.8, 4) is 11.4 Å². The van der Waals surface area contributed by atoms with E-state index in [-0.39, 0.29) is 18.5 Å². The van der Waals surface area contributed by atoms with Crippen molar-refractivity contribution in [3.05, 3.63) is 65.3 Å². The van der Waals surface area contributed by atoms with E-state index in [0.29, 0.717) is 24.1 Å². The Bertz CT molecular complexity index is 923. The summed E-state index contributed by atoms with van der Waals surface area (Å²) in [5.41, 5.74) is 2.02. The van der Waals surface area contributed by atoms with Gasteiger partial charge in [0.15, 0.2) is 0 Å². The van der Waals surface area contributed by atoms with Crippen molar-refractivity contribution in [1.82, 2.24) is 15.1 Å². The number of aryl methyl sites for hydroxylation is 1. The Morgan fingerprint density at radius 1 is 1.22 bits per heavy atom. The summed E-state index contributed by atoms with van der Waals surface area (Å²) in [5.74, 6) is 1.07. The summed E-state index contributed by atoms with van der Waals surface area (Å²) in [5, 5.41) is 4.66. The van der Waals surface area contributed by atoms with Crippen molar-refractivity contribution in [2.75, 3.05) is 0 Å². The van der Waals surface area contributed by atoms with Crippen molar-refractivity contribution in [3.63, 3.8) is 0 Å². The van der Waals surface area contributed by atoms with Crippen LogP contribution >= 0.6 is 11.6 Å². The third-order valence-electron chi connectivity index (χ3n) is 4.66. The van der Waals surface area contributed by atoms with Crippen LogP contribution in [0.15, 0.2) is 53.3 Å². The normalized spacial score (nSPS) is 18.7. The number of halogens is 1. The Labute approximate surface area is 161 Å². The predicted molar refractivity (Wildman–Crippen MR) is 99.2 cm³/mol. The molecule has 2 aromatic heterocycles. The summed E-state index contributed by atoms with van der Waals surface area (Å²) in [6.45, 7) is 0. The first-order valence-electron chi connectivity index (χ1n) is 8.85. The molecule has 1 aliphatic rings. The van der Waals surface area contributed by atoms with Gasteiger partial charge in [-0.05, 0) is 48.6 Å². The zero-order chi connectivity index (χ0) is 18.6. The molecule has 1 fully saturated rings. The van der Waals surface area contributed by atoms with Crippen LogP contribution in [0, 0.1) is 0 Å². The number of aromatic nitrogens is 3. The van der Waals surface area contributed by atoms with Crippen LogP contribution in [-0.2, 0) is 16.0 Å². The highest BCUT2D eigenvalue weighted by Crippen LogP contribution is 2.39. The first-order chi connectivity index (χ1) is 13.2. The van der Waals surface area contributed by atoms with Gasteiger partial charge in [0, 0.05) is 29.4 Å². The summed E-state index contributed by atoms with van der Waals surface area (Å²) >= 11 is 6.02. The molecule has 0 bridgehead atoms. The summed E-state index contributed by atoms with van der Waals surface area (Å²) in [7, 11) is 0. The summed E-state index contributed by atoms with van der Waals surface area (Å²) in [4.78, 5) is 20.3. The molecule has 0 atom stereocenters. The van der Waals surface area contributed by atoms with Gasteiger partial charge in [-0.15, -0.1) is 0 Å². The predicted octanol–water partition coefficient (Wildman–Crippen LogP) is 4.21. The molecule has 6 nitrogen and oxygen atoms in total. The number of benzene rings is 1. The van der Waals surface area contributed by atoms with E-state index in [2.05, 4.69) is 21.2 Å². The molecule has 138 valence electrons. The largest absolute Gasteiger partial charge is 0.462 e. The molecule has 2 heterocycles. The minimum Gasteiger partial charge on any atom is -0.462 e.